The predicted octanol–water partition coefficient (Wildman–Crippen LogP) is 5.27. The van der Waals surface area contributed by atoms with Crippen LogP contribution in [0.5, 0.6) is 0 Å². The molecule has 6 nitrogen and oxygen atoms in total. The molecule has 1 aromatic heterocycles. The Kier molecular flexibility index (Phi) is 10.2. The van der Waals surface area contributed by atoms with Crippen molar-refractivity contribution >= 4 is 29.2 Å². The second-order valence-electron chi connectivity index (χ2n) is 10.4. The molecule has 0 saturated heterocycles. The summed E-state index contributed by atoms with van der Waals surface area (Å²) in [6.07, 6.45) is 4.33. The van der Waals surface area contributed by atoms with Crippen LogP contribution >= 0.6 is 11.3 Å². The number of hydrogen-bond acceptors (Lipinski definition) is 7. The van der Waals surface area contributed by atoms with Crippen LogP contribution in [-0.2, 0) is 14.3 Å². The number of aliphatic hydroxyl groups is 2. The molecule has 190 valence electrons. The number of aromatic nitrogens is 1. The first-order chi connectivity index (χ1) is 15.8. The summed E-state index contributed by atoms with van der Waals surface area (Å²) in [4.78, 5) is 30.5. The summed E-state index contributed by atoms with van der Waals surface area (Å²) >= 11 is 1.56. The molecular formula is C27H41NO5S. The number of nitrogens with zero attached hydrogens (tertiary/aromatic N) is 1. The Labute approximate surface area is 208 Å². The molecule has 34 heavy (non-hydrogen) atoms. The lowest BCUT2D eigenvalue weighted by molar-refractivity contribution is -0.154. The van der Waals surface area contributed by atoms with Gasteiger partial charge in [0.1, 0.15) is 11.9 Å². The van der Waals surface area contributed by atoms with Gasteiger partial charge in [0.25, 0.3) is 0 Å². The van der Waals surface area contributed by atoms with E-state index in [4.69, 9.17) is 4.74 Å². The fourth-order valence-corrected chi connectivity index (χ4v) is 4.97. The van der Waals surface area contributed by atoms with E-state index in [1.54, 1.807) is 32.1 Å². The van der Waals surface area contributed by atoms with Crippen molar-refractivity contribution in [2.75, 3.05) is 0 Å². The Morgan fingerprint density at radius 3 is 2.53 bits per heavy atom. The van der Waals surface area contributed by atoms with Crippen molar-refractivity contribution in [2.24, 2.45) is 17.3 Å². The number of carbonyl (C=O) groups excluding carboxylic acids is 2. The highest BCUT2D eigenvalue weighted by atomic mass is 32.1. The highest BCUT2D eigenvalue weighted by molar-refractivity contribution is 7.09. The molecule has 0 radical (unpaired) electrons. The minimum Gasteiger partial charge on any atom is -0.457 e. The molecule has 2 N–H and O–H groups in total. The smallest absolute Gasteiger partial charge is 0.309 e. The van der Waals surface area contributed by atoms with Gasteiger partial charge in [0.15, 0.2) is 0 Å². The molecular weight excluding hydrogens is 450 g/mol. The Morgan fingerprint density at radius 2 is 1.91 bits per heavy atom. The van der Waals surface area contributed by atoms with Crippen molar-refractivity contribution in [1.29, 1.82) is 0 Å². The van der Waals surface area contributed by atoms with Gasteiger partial charge in [0, 0.05) is 17.7 Å². The maximum Gasteiger partial charge on any atom is 0.309 e. The zero-order valence-electron chi connectivity index (χ0n) is 21.6. The fourth-order valence-electron chi connectivity index (χ4n) is 4.40. The largest absolute Gasteiger partial charge is 0.457 e. The number of hydrogen-bond donors (Lipinski definition) is 2. The average Bonchev–Trinajstić information content (AvgIpc) is 3.18. The summed E-state index contributed by atoms with van der Waals surface area (Å²) in [5.41, 5.74) is 1.71. The average molecular weight is 492 g/mol. The molecule has 7 heteroatoms. The number of Topliss-reactive ketones (excluding diaryl/α,β-unsaturated/α-hetero) is 1. The summed E-state index contributed by atoms with van der Waals surface area (Å²) in [7, 11) is 0. The molecule has 0 amide bonds. The van der Waals surface area contributed by atoms with Gasteiger partial charge in [-0.05, 0) is 57.6 Å². The van der Waals surface area contributed by atoms with Crippen LogP contribution in [0.25, 0.3) is 6.08 Å². The van der Waals surface area contributed by atoms with E-state index in [1.165, 1.54) is 5.57 Å². The van der Waals surface area contributed by atoms with Crippen molar-refractivity contribution in [2.45, 2.75) is 98.9 Å². The first-order valence-electron chi connectivity index (χ1n) is 12.2. The van der Waals surface area contributed by atoms with Gasteiger partial charge in [-0.2, -0.15) is 0 Å². The number of thiazole rings is 1. The van der Waals surface area contributed by atoms with E-state index in [1.807, 2.05) is 32.2 Å². The topological polar surface area (TPSA) is 96.7 Å². The number of esters is 1. The number of ether oxygens (including phenoxy) is 1. The third kappa shape index (κ3) is 7.59. The number of cyclic esters (lactones) is 1. The highest BCUT2D eigenvalue weighted by Gasteiger charge is 2.42. The van der Waals surface area contributed by atoms with Gasteiger partial charge in [-0.15, -0.1) is 11.3 Å². The van der Waals surface area contributed by atoms with Gasteiger partial charge in [-0.1, -0.05) is 39.3 Å². The van der Waals surface area contributed by atoms with E-state index >= 15 is 0 Å². The SMILES string of the molecule is C/C1=C/C[C@@H](/C(C)=C/c2csc(C)n2)OC(=O)C[C@H](O)C(C)(C)C(=O)[C@@H](C)[C@H](O)[C@@H](C)CCC1. The lowest BCUT2D eigenvalue weighted by Gasteiger charge is -2.34. The normalized spacial score (nSPS) is 32.1. The van der Waals surface area contributed by atoms with Crippen LogP contribution in [0.15, 0.2) is 22.6 Å². The molecule has 0 fully saturated rings. The van der Waals surface area contributed by atoms with Crippen LogP contribution < -0.4 is 0 Å². The quantitative estimate of drug-likeness (QED) is 0.432. The zero-order valence-corrected chi connectivity index (χ0v) is 22.4. The van der Waals surface area contributed by atoms with Crippen molar-refractivity contribution in [3.8, 4) is 0 Å². The van der Waals surface area contributed by atoms with E-state index < -0.39 is 35.6 Å². The highest BCUT2D eigenvalue weighted by Crippen LogP contribution is 2.32. The van der Waals surface area contributed by atoms with Crippen molar-refractivity contribution < 1.29 is 24.5 Å². The molecule has 0 saturated carbocycles. The first-order valence-corrected chi connectivity index (χ1v) is 13.1. The van der Waals surface area contributed by atoms with Crippen LogP contribution in [0.3, 0.4) is 0 Å². The Hall–Kier alpha value is -1.83. The van der Waals surface area contributed by atoms with Gasteiger partial charge in [0.2, 0.25) is 0 Å². The second kappa shape index (κ2) is 12.2. The number of aryl methyl sites for hydroxylation is 1. The third-order valence-corrected chi connectivity index (χ3v) is 7.83. The van der Waals surface area contributed by atoms with Gasteiger partial charge >= 0.3 is 5.97 Å². The van der Waals surface area contributed by atoms with E-state index in [0.717, 1.165) is 35.5 Å². The molecule has 0 bridgehead atoms. The lowest BCUT2D eigenvalue weighted by atomic mass is 9.73. The van der Waals surface area contributed by atoms with Gasteiger partial charge in [0.05, 0.1) is 34.7 Å². The summed E-state index contributed by atoms with van der Waals surface area (Å²) in [6.45, 7) is 12.8. The molecule has 1 aliphatic heterocycles. The summed E-state index contributed by atoms with van der Waals surface area (Å²) in [5, 5.41) is 24.5. The molecule has 0 aliphatic carbocycles. The molecule has 5 atom stereocenters. The predicted molar refractivity (Wildman–Crippen MR) is 136 cm³/mol. The van der Waals surface area contributed by atoms with E-state index in [9.17, 15) is 19.8 Å². The number of rotatable bonds is 2. The number of ketones is 1. The fraction of sp³-hybridized carbons (Fsp3) is 0.667. The first kappa shape index (κ1) is 28.4. The monoisotopic (exact) mass is 491 g/mol. The van der Waals surface area contributed by atoms with Crippen molar-refractivity contribution in [1.82, 2.24) is 4.98 Å². The molecule has 2 heterocycles. The summed E-state index contributed by atoms with van der Waals surface area (Å²) < 4.78 is 5.81. The minimum atomic E-state index is -1.21. The number of aliphatic hydroxyl groups excluding tert-OH is 2. The zero-order chi connectivity index (χ0) is 25.6. The van der Waals surface area contributed by atoms with Crippen LogP contribution in [0.4, 0.5) is 0 Å². The molecule has 0 spiro atoms. The second-order valence-corrected chi connectivity index (χ2v) is 11.5. The lowest BCUT2D eigenvalue weighted by Crippen LogP contribution is -2.45. The number of allylic oxidation sites excluding steroid dienone is 1. The third-order valence-electron chi connectivity index (χ3n) is 7.04. The van der Waals surface area contributed by atoms with Gasteiger partial charge < -0.3 is 14.9 Å². The van der Waals surface area contributed by atoms with E-state index in [2.05, 4.69) is 18.0 Å². The van der Waals surface area contributed by atoms with Crippen LogP contribution in [-0.4, -0.2) is 45.3 Å². The minimum absolute atomic E-state index is 0.0444. The molecule has 0 unspecified atom stereocenters. The molecule has 0 aromatic carbocycles. The van der Waals surface area contributed by atoms with E-state index in [0.29, 0.717) is 6.42 Å². The molecule has 2 rings (SSSR count). The van der Waals surface area contributed by atoms with Gasteiger partial charge in [-0.25, -0.2) is 4.98 Å². The maximum absolute atomic E-state index is 13.2. The molecule has 1 aliphatic rings. The van der Waals surface area contributed by atoms with Crippen LogP contribution in [0.2, 0.25) is 0 Å². The standard InChI is InChI=1S/C27H41NO5S/c1-16-9-8-10-17(2)25(31)19(4)26(32)27(6,7)23(29)14-24(30)33-22(12-11-16)18(3)13-21-15-34-20(5)28-21/h11,13,15,17,19,22-23,25,29,31H,8-10,12,14H2,1-7H3/b16-11-,18-13+/t17-,19-,22-,23-,25+/m0/s1. The van der Waals surface area contributed by atoms with E-state index in [-0.39, 0.29) is 18.1 Å². The Balaban J connectivity index is 2.33. The maximum atomic E-state index is 13.2. The van der Waals surface area contributed by atoms with Crippen molar-refractivity contribution in [3.05, 3.63) is 33.3 Å². The van der Waals surface area contributed by atoms with Crippen molar-refractivity contribution in [3.63, 3.8) is 0 Å². The Morgan fingerprint density at radius 1 is 1.24 bits per heavy atom. The van der Waals surface area contributed by atoms with Crippen LogP contribution in [0.1, 0.15) is 84.3 Å². The summed E-state index contributed by atoms with van der Waals surface area (Å²) in [6, 6.07) is 0. The number of carbonyl (C=O) groups is 2. The molecule has 1 aromatic rings. The van der Waals surface area contributed by atoms with Gasteiger partial charge in [-0.3, -0.25) is 9.59 Å². The Bertz CT molecular complexity index is 916. The van der Waals surface area contributed by atoms with Crippen LogP contribution in [0, 0.1) is 24.2 Å². The summed E-state index contributed by atoms with van der Waals surface area (Å²) in [5.74, 6) is -1.49.